The summed E-state index contributed by atoms with van der Waals surface area (Å²) in [7, 11) is -1.60. The molecule has 0 bridgehead atoms. The van der Waals surface area contributed by atoms with E-state index in [1.54, 1.807) is 13.1 Å². The van der Waals surface area contributed by atoms with Gasteiger partial charge in [-0.25, -0.2) is 8.42 Å². The molecule has 3 heterocycles. The van der Waals surface area contributed by atoms with Gasteiger partial charge in [-0.1, -0.05) is 12.1 Å². The first-order valence-electron chi connectivity index (χ1n) is 10.0. The summed E-state index contributed by atoms with van der Waals surface area (Å²) in [5, 5.41) is 7.17. The Morgan fingerprint density at radius 1 is 1.25 bits per heavy atom. The molecule has 28 heavy (non-hydrogen) atoms. The highest BCUT2D eigenvalue weighted by atomic mass is 32.2. The first-order chi connectivity index (χ1) is 13.5. The van der Waals surface area contributed by atoms with Crippen molar-refractivity contribution in [3.8, 4) is 0 Å². The molecule has 158 valence electrons. The van der Waals surface area contributed by atoms with E-state index < -0.39 is 10.0 Å². The van der Waals surface area contributed by atoms with Crippen LogP contribution in [0.1, 0.15) is 25.5 Å². The molecule has 1 aromatic heterocycles. The molecule has 0 radical (unpaired) electrons. The zero-order valence-electron chi connectivity index (χ0n) is 16.9. The third kappa shape index (κ3) is 5.68. The monoisotopic (exact) mass is 412 g/mol. The zero-order chi connectivity index (χ0) is 20.0. The Bertz CT molecular complexity index is 723. The summed E-state index contributed by atoms with van der Waals surface area (Å²) in [4.78, 5) is 9.04. The van der Waals surface area contributed by atoms with E-state index in [9.17, 15) is 8.42 Å². The van der Waals surface area contributed by atoms with Crippen LogP contribution in [-0.4, -0.2) is 93.0 Å². The molecule has 2 saturated heterocycles. The second kappa shape index (κ2) is 9.71. The SMILES string of the molecule is CN=C(NCC(C)CN1CCCC1)N1CCN(S(=O)(=O)Cc2ccon2)CC1. The lowest BCUT2D eigenvalue weighted by molar-refractivity contribution is 0.255. The number of hydrogen-bond acceptors (Lipinski definition) is 6. The number of nitrogens with zero attached hydrogens (tertiary/aromatic N) is 5. The fourth-order valence-electron chi connectivity index (χ4n) is 3.84. The van der Waals surface area contributed by atoms with Gasteiger partial charge in [0.25, 0.3) is 0 Å². The summed E-state index contributed by atoms with van der Waals surface area (Å²) in [5.74, 6) is 1.27. The highest BCUT2D eigenvalue weighted by Gasteiger charge is 2.29. The molecule has 1 unspecified atom stereocenters. The quantitative estimate of drug-likeness (QED) is 0.513. The van der Waals surface area contributed by atoms with Crippen LogP contribution in [0.4, 0.5) is 0 Å². The second-order valence-electron chi connectivity index (χ2n) is 7.67. The van der Waals surface area contributed by atoms with Crippen molar-refractivity contribution in [3.63, 3.8) is 0 Å². The summed E-state index contributed by atoms with van der Waals surface area (Å²) < 4.78 is 31.4. The number of likely N-dealkylation sites (tertiary alicyclic amines) is 1. The molecule has 0 aromatic carbocycles. The fraction of sp³-hybridized carbons (Fsp3) is 0.778. The molecule has 0 spiro atoms. The summed E-state index contributed by atoms with van der Waals surface area (Å²) in [6.45, 7) is 8.80. The Labute approximate surface area is 167 Å². The van der Waals surface area contributed by atoms with Crippen LogP contribution < -0.4 is 5.32 Å². The molecule has 1 atom stereocenters. The van der Waals surface area contributed by atoms with E-state index in [-0.39, 0.29) is 5.75 Å². The first-order valence-corrected chi connectivity index (χ1v) is 11.6. The first kappa shape index (κ1) is 21.1. The molecule has 1 N–H and O–H groups in total. The molecule has 3 rings (SSSR count). The number of aliphatic imine (C=N–C) groups is 1. The van der Waals surface area contributed by atoms with E-state index in [0.29, 0.717) is 37.8 Å². The molecule has 9 nitrogen and oxygen atoms in total. The largest absolute Gasteiger partial charge is 0.364 e. The van der Waals surface area contributed by atoms with Crippen LogP contribution in [0.25, 0.3) is 0 Å². The molecular weight excluding hydrogens is 380 g/mol. The number of sulfonamides is 1. The van der Waals surface area contributed by atoms with Crippen LogP contribution in [0.15, 0.2) is 21.8 Å². The summed E-state index contributed by atoms with van der Waals surface area (Å²) in [6, 6.07) is 1.59. The zero-order valence-corrected chi connectivity index (χ0v) is 17.7. The van der Waals surface area contributed by atoms with Crippen molar-refractivity contribution in [1.82, 2.24) is 24.6 Å². The topological polar surface area (TPSA) is 94.3 Å². The lowest BCUT2D eigenvalue weighted by Gasteiger charge is -2.36. The van der Waals surface area contributed by atoms with Gasteiger partial charge in [0.05, 0.1) is 5.69 Å². The van der Waals surface area contributed by atoms with Crippen LogP contribution in [0.2, 0.25) is 0 Å². The van der Waals surface area contributed by atoms with Gasteiger partial charge in [-0.3, -0.25) is 4.99 Å². The molecular formula is C18H32N6O3S. The van der Waals surface area contributed by atoms with Crippen molar-refractivity contribution < 1.29 is 12.9 Å². The number of hydrogen-bond donors (Lipinski definition) is 1. The van der Waals surface area contributed by atoms with Crippen LogP contribution in [0, 0.1) is 5.92 Å². The minimum Gasteiger partial charge on any atom is -0.364 e. The van der Waals surface area contributed by atoms with Gasteiger partial charge in [0.15, 0.2) is 5.96 Å². The number of piperazine rings is 1. The van der Waals surface area contributed by atoms with Crippen molar-refractivity contribution >= 4 is 16.0 Å². The summed E-state index contributed by atoms with van der Waals surface area (Å²) in [6.07, 6.45) is 4.01. The van der Waals surface area contributed by atoms with E-state index in [1.807, 2.05) is 0 Å². The van der Waals surface area contributed by atoms with E-state index in [4.69, 9.17) is 4.52 Å². The standard InChI is InChI=1S/C18H32N6O3S/c1-16(14-22-6-3-4-7-22)13-20-18(19-2)23-8-10-24(11-9-23)28(25,26)15-17-5-12-27-21-17/h5,12,16H,3-4,6-11,13-15H2,1-2H3,(H,19,20). The molecule has 2 aliphatic heterocycles. The Kier molecular flexibility index (Phi) is 7.30. The normalized spacial score (nSPS) is 21.2. The van der Waals surface area contributed by atoms with Gasteiger partial charge in [-0.15, -0.1) is 0 Å². The lowest BCUT2D eigenvalue weighted by Crippen LogP contribution is -2.54. The highest BCUT2D eigenvalue weighted by Crippen LogP contribution is 2.13. The third-order valence-electron chi connectivity index (χ3n) is 5.34. The maximum atomic E-state index is 12.6. The number of nitrogens with one attached hydrogen (secondary N) is 1. The van der Waals surface area contributed by atoms with E-state index >= 15 is 0 Å². The third-order valence-corrected chi connectivity index (χ3v) is 7.15. The number of aromatic nitrogens is 1. The van der Waals surface area contributed by atoms with Crippen molar-refractivity contribution in [1.29, 1.82) is 0 Å². The van der Waals surface area contributed by atoms with Gasteiger partial charge in [-0.2, -0.15) is 4.31 Å². The Morgan fingerprint density at radius 2 is 1.96 bits per heavy atom. The molecule has 0 saturated carbocycles. The van der Waals surface area contributed by atoms with Crippen molar-refractivity contribution in [2.45, 2.75) is 25.5 Å². The Balaban J connectivity index is 1.44. The van der Waals surface area contributed by atoms with Crippen LogP contribution in [0.5, 0.6) is 0 Å². The smallest absolute Gasteiger partial charge is 0.220 e. The Hall–Kier alpha value is -1.65. The van der Waals surface area contributed by atoms with E-state index in [2.05, 4.69) is 32.2 Å². The number of guanidine groups is 1. The second-order valence-corrected chi connectivity index (χ2v) is 9.64. The summed E-state index contributed by atoms with van der Waals surface area (Å²) in [5.41, 5.74) is 0.437. The average molecular weight is 413 g/mol. The number of rotatable bonds is 7. The fourth-order valence-corrected chi connectivity index (χ4v) is 5.26. The predicted octanol–water partition coefficient (Wildman–Crippen LogP) is 0.429. The summed E-state index contributed by atoms with van der Waals surface area (Å²) >= 11 is 0. The van der Waals surface area contributed by atoms with Crippen molar-refractivity contribution in [2.75, 3.05) is 59.4 Å². The average Bonchev–Trinajstić information content (AvgIpc) is 3.36. The predicted molar refractivity (Wildman–Crippen MR) is 108 cm³/mol. The van der Waals surface area contributed by atoms with E-state index in [0.717, 1.165) is 19.0 Å². The van der Waals surface area contributed by atoms with Crippen LogP contribution in [0.3, 0.4) is 0 Å². The Morgan fingerprint density at radius 3 is 2.57 bits per heavy atom. The van der Waals surface area contributed by atoms with Gasteiger partial charge in [0.2, 0.25) is 10.0 Å². The van der Waals surface area contributed by atoms with Gasteiger partial charge < -0.3 is 19.6 Å². The molecule has 0 aliphatic carbocycles. The molecule has 10 heteroatoms. The lowest BCUT2D eigenvalue weighted by atomic mass is 10.1. The van der Waals surface area contributed by atoms with Crippen LogP contribution in [-0.2, 0) is 15.8 Å². The van der Waals surface area contributed by atoms with Gasteiger partial charge in [-0.05, 0) is 31.8 Å². The van der Waals surface area contributed by atoms with Gasteiger partial charge >= 0.3 is 0 Å². The minimum atomic E-state index is -3.38. The van der Waals surface area contributed by atoms with Crippen LogP contribution >= 0.6 is 0 Å². The molecule has 1 aromatic rings. The van der Waals surface area contributed by atoms with E-state index in [1.165, 1.54) is 36.5 Å². The van der Waals surface area contributed by atoms with Crippen molar-refractivity contribution in [3.05, 3.63) is 18.0 Å². The van der Waals surface area contributed by atoms with Gasteiger partial charge in [0.1, 0.15) is 12.0 Å². The molecule has 2 aliphatic rings. The maximum absolute atomic E-state index is 12.6. The highest BCUT2D eigenvalue weighted by molar-refractivity contribution is 7.88. The molecule has 2 fully saturated rings. The minimum absolute atomic E-state index is 0.121. The van der Waals surface area contributed by atoms with Gasteiger partial charge in [0, 0.05) is 52.4 Å². The van der Waals surface area contributed by atoms with Crippen molar-refractivity contribution in [2.24, 2.45) is 10.9 Å². The molecule has 0 amide bonds. The maximum Gasteiger partial charge on any atom is 0.220 e.